The molecule has 1 aromatic carbocycles. The molecule has 0 saturated heterocycles. The van der Waals surface area contributed by atoms with Crippen LogP contribution in [0, 0.1) is 0 Å². The van der Waals surface area contributed by atoms with Crippen LogP contribution in [0.5, 0.6) is 0 Å². The largest absolute Gasteiger partial charge is 0.383 e. The van der Waals surface area contributed by atoms with Gasteiger partial charge < -0.3 is 4.74 Å². The molecule has 0 spiro atoms. The maximum atomic E-state index is 11.8. The highest BCUT2D eigenvalue weighted by molar-refractivity contribution is 7.89. The van der Waals surface area contributed by atoms with E-state index in [0.29, 0.717) is 0 Å². The number of ether oxygens (including phenoxy) is 1. The quantitative estimate of drug-likeness (QED) is 0.840. The molecule has 0 radical (unpaired) electrons. The lowest BCUT2D eigenvalue weighted by Crippen LogP contribution is -2.27. The molecule has 0 bridgehead atoms. The van der Waals surface area contributed by atoms with E-state index in [9.17, 15) is 8.42 Å². The monoisotopic (exact) mass is 283 g/mol. The van der Waals surface area contributed by atoms with Gasteiger partial charge in [0.25, 0.3) is 0 Å². The predicted molar refractivity (Wildman–Crippen MR) is 63.5 cm³/mol. The first-order chi connectivity index (χ1) is 7.49. The second-order valence-corrected chi connectivity index (χ2v) is 5.46. The molecule has 0 unspecified atom stereocenters. The summed E-state index contributed by atoms with van der Waals surface area (Å²) in [4.78, 5) is -0.0298. The summed E-state index contributed by atoms with van der Waals surface area (Å²) in [5, 5.41) is 0.227. The van der Waals surface area contributed by atoms with Gasteiger partial charge in [0.15, 0.2) is 0 Å². The summed E-state index contributed by atoms with van der Waals surface area (Å²) >= 11 is 11.5. The zero-order chi connectivity index (χ0) is 12.2. The van der Waals surface area contributed by atoms with Crippen molar-refractivity contribution in [1.82, 2.24) is 4.72 Å². The molecule has 0 amide bonds. The zero-order valence-corrected chi connectivity index (χ0v) is 10.9. The zero-order valence-electron chi connectivity index (χ0n) is 8.54. The third-order valence-electron chi connectivity index (χ3n) is 1.80. The van der Waals surface area contributed by atoms with Crippen LogP contribution in [0.4, 0.5) is 0 Å². The second-order valence-electron chi connectivity index (χ2n) is 2.94. The lowest BCUT2D eigenvalue weighted by molar-refractivity contribution is 0.204. The first-order valence-corrected chi connectivity index (χ1v) is 6.65. The summed E-state index contributed by atoms with van der Waals surface area (Å²) < 4.78 is 30.6. The van der Waals surface area contributed by atoms with Gasteiger partial charge in [-0.15, -0.1) is 0 Å². The molecule has 0 aliphatic rings. The lowest BCUT2D eigenvalue weighted by Gasteiger charge is -2.08. The molecule has 16 heavy (non-hydrogen) atoms. The number of rotatable bonds is 5. The molecule has 0 aliphatic carbocycles. The Labute approximate surface area is 105 Å². The van der Waals surface area contributed by atoms with Crippen molar-refractivity contribution in [3.63, 3.8) is 0 Å². The highest BCUT2D eigenvalue weighted by atomic mass is 35.5. The summed E-state index contributed by atoms with van der Waals surface area (Å²) in [6, 6.07) is 4.44. The molecular weight excluding hydrogens is 273 g/mol. The van der Waals surface area contributed by atoms with Gasteiger partial charge in [0.1, 0.15) is 4.90 Å². The fourth-order valence-electron chi connectivity index (χ4n) is 1.05. The average Bonchev–Trinajstić information content (AvgIpc) is 2.22. The Morgan fingerprint density at radius 3 is 2.69 bits per heavy atom. The fourth-order valence-corrected chi connectivity index (χ4v) is 2.82. The minimum absolute atomic E-state index is 0.0223. The smallest absolute Gasteiger partial charge is 0.242 e. The standard InChI is InChI=1S/C9H11Cl2NO3S/c1-15-6-5-12-16(13,14)8-4-2-3-7(10)9(8)11/h2-4,12H,5-6H2,1H3. The van der Waals surface area contributed by atoms with E-state index in [2.05, 4.69) is 4.72 Å². The van der Waals surface area contributed by atoms with Crippen LogP contribution in [0.3, 0.4) is 0 Å². The Kier molecular flexibility index (Phi) is 5.01. The molecule has 1 rings (SSSR count). The van der Waals surface area contributed by atoms with E-state index < -0.39 is 10.0 Å². The van der Waals surface area contributed by atoms with Crippen LogP contribution in [-0.2, 0) is 14.8 Å². The number of hydrogen-bond donors (Lipinski definition) is 1. The van der Waals surface area contributed by atoms with Crippen molar-refractivity contribution in [3.05, 3.63) is 28.2 Å². The van der Waals surface area contributed by atoms with Crippen LogP contribution < -0.4 is 4.72 Å². The van der Waals surface area contributed by atoms with Gasteiger partial charge in [-0.25, -0.2) is 13.1 Å². The van der Waals surface area contributed by atoms with E-state index >= 15 is 0 Å². The molecule has 0 saturated carbocycles. The van der Waals surface area contributed by atoms with Gasteiger partial charge in [-0.1, -0.05) is 29.3 Å². The Morgan fingerprint density at radius 1 is 1.38 bits per heavy atom. The SMILES string of the molecule is COCCNS(=O)(=O)c1cccc(Cl)c1Cl. The number of nitrogens with one attached hydrogen (secondary N) is 1. The lowest BCUT2D eigenvalue weighted by atomic mass is 10.4. The maximum absolute atomic E-state index is 11.8. The van der Waals surface area contributed by atoms with Crippen LogP contribution in [-0.4, -0.2) is 28.7 Å². The van der Waals surface area contributed by atoms with Crippen LogP contribution in [0.1, 0.15) is 0 Å². The van der Waals surface area contributed by atoms with Crippen LogP contribution in [0.2, 0.25) is 10.0 Å². The third kappa shape index (κ3) is 3.33. The van der Waals surface area contributed by atoms with Crippen LogP contribution >= 0.6 is 23.2 Å². The highest BCUT2D eigenvalue weighted by Crippen LogP contribution is 2.28. The van der Waals surface area contributed by atoms with E-state index in [1.807, 2.05) is 0 Å². The van der Waals surface area contributed by atoms with Gasteiger partial charge in [-0.2, -0.15) is 0 Å². The van der Waals surface area contributed by atoms with E-state index in [1.54, 1.807) is 0 Å². The minimum Gasteiger partial charge on any atom is -0.383 e. The van der Waals surface area contributed by atoms with Crippen molar-refractivity contribution >= 4 is 33.2 Å². The Balaban J connectivity index is 2.94. The number of sulfonamides is 1. The summed E-state index contributed by atoms with van der Waals surface area (Å²) in [5.41, 5.74) is 0. The van der Waals surface area contributed by atoms with Crippen molar-refractivity contribution < 1.29 is 13.2 Å². The topological polar surface area (TPSA) is 55.4 Å². The maximum Gasteiger partial charge on any atom is 0.242 e. The van der Waals surface area contributed by atoms with Crippen LogP contribution in [0.15, 0.2) is 23.1 Å². The predicted octanol–water partition coefficient (Wildman–Crippen LogP) is 1.92. The Hall–Kier alpha value is -0.330. The Morgan fingerprint density at radius 2 is 2.06 bits per heavy atom. The molecule has 0 aromatic heterocycles. The molecule has 1 N–H and O–H groups in total. The first kappa shape index (κ1) is 13.7. The fraction of sp³-hybridized carbons (Fsp3) is 0.333. The number of hydrogen-bond acceptors (Lipinski definition) is 3. The third-order valence-corrected chi connectivity index (χ3v) is 4.24. The minimum atomic E-state index is -3.63. The normalized spacial score (nSPS) is 11.7. The first-order valence-electron chi connectivity index (χ1n) is 4.41. The van der Waals surface area contributed by atoms with Gasteiger partial charge in [-0.3, -0.25) is 0 Å². The van der Waals surface area contributed by atoms with Gasteiger partial charge in [0.2, 0.25) is 10.0 Å². The molecule has 1 aromatic rings. The highest BCUT2D eigenvalue weighted by Gasteiger charge is 2.18. The molecule has 4 nitrogen and oxygen atoms in total. The molecule has 0 heterocycles. The number of halogens is 2. The van der Waals surface area contributed by atoms with E-state index in [-0.39, 0.29) is 28.1 Å². The van der Waals surface area contributed by atoms with Crippen molar-refractivity contribution in [2.75, 3.05) is 20.3 Å². The van der Waals surface area contributed by atoms with E-state index in [1.165, 1.54) is 25.3 Å². The van der Waals surface area contributed by atoms with Gasteiger partial charge >= 0.3 is 0 Å². The van der Waals surface area contributed by atoms with E-state index in [0.717, 1.165) is 0 Å². The van der Waals surface area contributed by atoms with Crippen molar-refractivity contribution in [2.24, 2.45) is 0 Å². The molecule has 0 fully saturated rings. The van der Waals surface area contributed by atoms with Gasteiger partial charge in [-0.05, 0) is 12.1 Å². The summed E-state index contributed by atoms with van der Waals surface area (Å²) in [5.74, 6) is 0. The Bertz CT molecular complexity index is 462. The number of benzene rings is 1. The van der Waals surface area contributed by atoms with E-state index in [4.69, 9.17) is 27.9 Å². The second kappa shape index (κ2) is 5.84. The molecular formula is C9H11Cl2NO3S. The van der Waals surface area contributed by atoms with Crippen molar-refractivity contribution in [2.45, 2.75) is 4.90 Å². The molecule has 0 aliphatic heterocycles. The van der Waals surface area contributed by atoms with Gasteiger partial charge in [0.05, 0.1) is 16.7 Å². The average molecular weight is 284 g/mol. The summed E-state index contributed by atoms with van der Waals surface area (Å²) in [6.45, 7) is 0.471. The van der Waals surface area contributed by atoms with Crippen molar-refractivity contribution in [3.8, 4) is 0 Å². The number of methoxy groups -OCH3 is 1. The summed E-state index contributed by atoms with van der Waals surface area (Å²) in [7, 11) is -2.15. The van der Waals surface area contributed by atoms with Crippen LogP contribution in [0.25, 0.3) is 0 Å². The molecule has 0 atom stereocenters. The summed E-state index contributed by atoms with van der Waals surface area (Å²) in [6.07, 6.45) is 0. The van der Waals surface area contributed by atoms with Crippen molar-refractivity contribution in [1.29, 1.82) is 0 Å². The molecule has 7 heteroatoms. The van der Waals surface area contributed by atoms with Gasteiger partial charge in [0, 0.05) is 13.7 Å². The molecule has 90 valence electrons.